The molecule has 0 saturated heterocycles. The number of carbonyl (C=O) groups is 2. The third-order valence-electron chi connectivity index (χ3n) is 4.27. The largest absolute Gasteiger partial charge is 0.484 e. The molecule has 6 nitrogen and oxygen atoms in total. The van der Waals surface area contributed by atoms with E-state index >= 15 is 0 Å². The topological polar surface area (TPSA) is 77.0 Å². The lowest BCUT2D eigenvalue weighted by Crippen LogP contribution is -2.24. The smallest absolute Gasteiger partial charge is 0.343 e. The maximum absolute atomic E-state index is 12.1. The first-order valence-electron chi connectivity index (χ1n) is 9.65. The first-order chi connectivity index (χ1) is 15.0. The average Bonchev–Trinajstić information content (AvgIpc) is 2.79. The van der Waals surface area contributed by atoms with Gasteiger partial charge in [-0.3, -0.25) is 4.79 Å². The summed E-state index contributed by atoms with van der Waals surface area (Å²) < 4.78 is 11.7. The number of hydrazone groups is 1. The van der Waals surface area contributed by atoms with E-state index in [1.807, 2.05) is 24.3 Å². The van der Waals surface area contributed by atoms with Gasteiger partial charge in [0, 0.05) is 4.47 Å². The van der Waals surface area contributed by atoms with Gasteiger partial charge in [-0.25, -0.2) is 10.2 Å². The van der Waals surface area contributed by atoms with Gasteiger partial charge in [0.1, 0.15) is 11.5 Å². The van der Waals surface area contributed by atoms with Crippen LogP contribution < -0.4 is 14.9 Å². The molecule has 0 aliphatic carbocycles. The Labute approximate surface area is 189 Å². The van der Waals surface area contributed by atoms with E-state index in [0.29, 0.717) is 17.1 Å². The summed E-state index contributed by atoms with van der Waals surface area (Å²) in [5.74, 6) is 0.238. The van der Waals surface area contributed by atoms with Gasteiger partial charge in [-0.1, -0.05) is 35.0 Å². The molecule has 0 aromatic heterocycles. The van der Waals surface area contributed by atoms with Crippen molar-refractivity contribution in [3.8, 4) is 11.5 Å². The SMILES string of the molecule is CCc1ccc(OCC(=O)N/N=C/c2ccc(OC(=O)c3ccc(Br)cc3)cc2)cc1. The van der Waals surface area contributed by atoms with Gasteiger partial charge in [-0.05, 0) is 78.2 Å². The Morgan fingerprint density at radius 2 is 1.58 bits per heavy atom. The number of halogens is 1. The molecule has 3 rings (SSSR count). The Balaban J connectivity index is 1.44. The fraction of sp³-hybridized carbons (Fsp3) is 0.125. The van der Waals surface area contributed by atoms with Crippen LogP contribution in [0.1, 0.15) is 28.4 Å². The van der Waals surface area contributed by atoms with Crippen molar-refractivity contribution in [2.45, 2.75) is 13.3 Å². The zero-order valence-electron chi connectivity index (χ0n) is 16.9. The highest BCUT2D eigenvalue weighted by molar-refractivity contribution is 9.10. The van der Waals surface area contributed by atoms with Crippen molar-refractivity contribution in [3.05, 3.63) is 94.0 Å². The quantitative estimate of drug-likeness (QED) is 0.218. The average molecular weight is 481 g/mol. The van der Waals surface area contributed by atoms with Crippen LogP contribution in [0.2, 0.25) is 0 Å². The number of amides is 1. The third-order valence-corrected chi connectivity index (χ3v) is 4.80. The van der Waals surface area contributed by atoms with Crippen LogP contribution in [0.25, 0.3) is 0 Å². The minimum atomic E-state index is -0.439. The summed E-state index contributed by atoms with van der Waals surface area (Å²) in [4.78, 5) is 24.0. The molecule has 3 aromatic carbocycles. The van der Waals surface area contributed by atoms with E-state index in [1.54, 1.807) is 48.5 Å². The van der Waals surface area contributed by atoms with Crippen LogP contribution in [-0.2, 0) is 11.2 Å². The van der Waals surface area contributed by atoms with Crippen molar-refractivity contribution in [2.75, 3.05) is 6.61 Å². The van der Waals surface area contributed by atoms with Gasteiger partial charge in [-0.2, -0.15) is 5.10 Å². The highest BCUT2D eigenvalue weighted by Gasteiger charge is 2.08. The van der Waals surface area contributed by atoms with E-state index in [0.717, 1.165) is 16.5 Å². The van der Waals surface area contributed by atoms with E-state index in [9.17, 15) is 9.59 Å². The first kappa shape index (κ1) is 22.2. The molecule has 0 fully saturated rings. The fourth-order valence-electron chi connectivity index (χ4n) is 2.56. The minimum Gasteiger partial charge on any atom is -0.484 e. The molecule has 158 valence electrons. The molecule has 0 bridgehead atoms. The van der Waals surface area contributed by atoms with Crippen molar-refractivity contribution in [1.29, 1.82) is 0 Å². The molecule has 31 heavy (non-hydrogen) atoms. The molecule has 0 unspecified atom stereocenters. The molecule has 0 spiro atoms. The van der Waals surface area contributed by atoms with Crippen molar-refractivity contribution in [1.82, 2.24) is 5.43 Å². The fourth-order valence-corrected chi connectivity index (χ4v) is 2.82. The summed E-state index contributed by atoms with van der Waals surface area (Å²) in [6.45, 7) is 1.94. The lowest BCUT2D eigenvalue weighted by Gasteiger charge is -2.06. The number of nitrogens with zero attached hydrogens (tertiary/aromatic N) is 1. The molecule has 0 radical (unpaired) electrons. The molecule has 0 atom stereocenters. The van der Waals surface area contributed by atoms with Gasteiger partial charge >= 0.3 is 5.97 Å². The molecular weight excluding hydrogens is 460 g/mol. The Bertz CT molecular complexity index is 1050. The summed E-state index contributed by atoms with van der Waals surface area (Å²) in [6.07, 6.45) is 2.44. The lowest BCUT2D eigenvalue weighted by molar-refractivity contribution is -0.123. The van der Waals surface area contributed by atoms with Crippen LogP contribution in [0.4, 0.5) is 0 Å². The molecule has 0 aliphatic rings. The molecule has 7 heteroatoms. The number of ether oxygens (including phenoxy) is 2. The van der Waals surface area contributed by atoms with Crippen molar-refractivity contribution in [2.24, 2.45) is 5.10 Å². The molecule has 1 N–H and O–H groups in total. The Hall–Kier alpha value is -3.45. The highest BCUT2D eigenvalue weighted by atomic mass is 79.9. The first-order valence-corrected chi connectivity index (χ1v) is 10.4. The van der Waals surface area contributed by atoms with E-state index in [2.05, 4.69) is 33.4 Å². The molecule has 1 amide bonds. The predicted octanol–water partition coefficient (Wildman–Crippen LogP) is 4.76. The number of nitrogens with one attached hydrogen (secondary N) is 1. The van der Waals surface area contributed by atoms with Crippen molar-refractivity contribution >= 4 is 34.0 Å². The monoisotopic (exact) mass is 480 g/mol. The molecular formula is C24H21BrN2O4. The molecule has 0 heterocycles. The highest BCUT2D eigenvalue weighted by Crippen LogP contribution is 2.16. The summed E-state index contributed by atoms with van der Waals surface area (Å²) >= 11 is 3.33. The van der Waals surface area contributed by atoms with Crippen LogP contribution in [0.15, 0.2) is 82.4 Å². The number of esters is 1. The van der Waals surface area contributed by atoms with Crippen LogP contribution in [0, 0.1) is 0 Å². The molecule has 0 saturated carbocycles. The zero-order chi connectivity index (χ0) is 22.1. The number of hydrogen-bond acceptors (Lipinski definition) is 5. The Kier molecular flexibility index (Phi) is 7.95. The zero-order valence-corrected chi connectivity index (χ0v) is 18.5. The van der Waals surface area contributed by atoms with Crippen LogP contribution in [-0.4, -0.2) is 24.7 Å². The Morgan fingerprint density at radius 1 is 0.935 bits per heavy atom. The third kappa shape index (κ3) is 7.08. The maximum Gasteiger partial charge on any atom is 0.343 e. The Morgan fingerprint density at radius 3 is 2.23 bits per heavy atom. The second-order valence-corrected chi connectivity index (χ2v) is 7.46. The van der Waals surface area contributed by atoms with Gasteiger partial charge in [0.25, 0.3) is 5.91 Å². The number of hydrogen-bond donors (Lipinski definition) is 1. The molecule has 0 aliphatic heterocycles. The summed E-state index contributed by atoms with van der Waals surface area (Å²) in [7, 11) is 0. The second kappa shape index (κ2) is 11.1. The maximum atomic E-state index is 12.1. The van der Waals surface area contributed by atoms with Gasteiger partial charge in [0.15, 0.2) is 6.61 Å². The standard InChI is InChI=1S/C24H21BrN2O4/c1-2-17-3-11-21(12-4-17)30-16-23(28)27-26-15-18-5-13-22(14-6-18)31-24(29)19-7-9-20(25)10-8-19/h3-15H,2,16H2,1H3,(H,27,28)/b26-15+. The van der Waals surface area contributed by atoms with Crippen LogP contribution in [0.3, 0.4) is 0 Å². The van der Waals surface area contributed by atoms with Gasteiger partial charge in [0.2, 0.25) is 0 Å². The van der Waals surface area contributed by atoms with Crippen LogP contribution >= 0.6 is 15.9 Å². The number of carbonyl (C=O) groups excluding carboxylic acids is 2. The second-order valence-electron chi connectivity index (χ2n) is 6.54. The van der Waals surface area contributed by atoms with Gasteiger partial charge < -0.3 is 9.47 Å². The minimum absolute atomic E-state index is 0.131. The number of benzene rings is 3. The number of aryl methyl sites for hydroxylation is 1. The van der Waals surface area contributed by atoms with E-state index < -0.39 is 5.97 Å². The van der Waals surface area contributed by atoms with E-state index in [-0.39, 0.29) is 12.5 Å². The summed E-state index contributed by atoms with van der Waals surface area (Å²) in [6, 6.07) is 21.3. The summed E-state index contributed by atoms with van der Waals surface area (Å²) in [5.41, 5.74) is 4.81. The van der Waals surface area contributed by atoms with Crippen molar-refractivity contribution < 1.29 is 19.1 Å². The van der Waals surface area contributed by atoms with E-state index in [1.165, 1.54) is 11.8 Å². The van der Waals surface area contributed by atoms with Crippen molar-refractivity contribution in [3.63, 3.8) is 0 Å². The normalized spacial score (nSPS) is 10.6. The predicted molar refractivity (Wildman–Crippen MR) is 123 cm³/mol. The number of rotatable bonds is 8. The van der Waals surface area contributed by atoms with E-state index in [4.69, 9.17) is 9.47 Å². The molecule has 3 aromatic rings. The summed E-state index contributed by atoms with van der Waals surface area (Å²) in [5, 5.41) is 3.91. The van der Waals surface area contributed by atoms with Crippen LogP contribution in [0.5, 0.6) is 11.5 Å². The van der Waals surface area contributed by atoms with Gasteiger partial charge in [0.05, 0.1) is 11.8 Å². The van der Waals surface area contributed by atoms with Gasteiger partial charge in [-0.15, -0.1) is 0 Å². The lowest BCUT2D eigenvalue weighted by atomic mass is 10.2.